The number of fused-ring (bicyclic) bond motifs is 2. The van der Waals surface area contributed by atoms with Gasteiger partial charge in [0.1, 0.15) is 0 Å². The number of aromatic nitrogens is 3. The highest BCUT2D eigenvalue weighted by Crippen LogP contribution is 2.46. The number of Topliss-reactive ketones (excluding diaryl/α,β-unsaturated/α-hetero) is 1. The Balaban J connectivity index is 1.52. The minimum absolute atomic E-state index is 0.0369. The van der Waals surface area contributed by atoms with Crippen LogP contribution in [0, 0.1) is 5.41 Å². The molecule has 36 heavy (non-hydrogen) atoms. The third kappa shape index (κ3) is 4.38. The number of nitrogens with zero attached hydrogens (tertiary/aromatic N) is 4. The Bertz CT molecular complexity index is 1390. The molecule has 6 nitrogen and oxygen atoms in total. The van der Waals surface area contributed by atoms with Crippen LogP contribution < -0.4 is 10.5 Å². The lowest BCUT2D eigenvalue weighted by molar-refractivity contribution is 0.0993. The number of hydrogen-bond donors (Lipinski definition) is 0. The molecule has 2 aromatic heterocycles. The number of rotatable bonds is 4. The number of hydrogen-bond acceptors (Lipinski definition) is 5. The van der Waals surface area contributed by atoms with Crippen molar-refractivity contribution in [3.63, 3.8) is 0 Å². The summed E-state index contributed by atoms with van der Waals surface area (Å²) in [5.74, 6) is 0.603. The van der Waals surface area contributed by atoms with E-state index in [1.54, 1.807) is 23.0 Å². The first kappa shape index (κ1) is 24.4. The Kier molecular flexibility index (Phi) is 5.69. The molecule has 0 atom stereocenters. The molecule has 5 rings (SSSR count). The van der Waals surface area contributed by atoms with Crippen LogP contribution in [0.25, 0.3) is 11.3 Å². The molecule has 0 saturated heterocycles. The quantitative estimate of drug-likeness (QED) is 0.465. The zero-order chi connectivity index (χ0) is 25.9. The van der Waals surface area contributed by atoms with Crippen molar-refractivity contribution in [2.24, 2.45) is 5.41 Å². The predicted octanol–water partition coefficient (Wildman–Crippen LogP) is 5.38. The van der Waals surface area contributed by atoms with Gasteiger partial charge in [0, 0.05) is 48.1 Å². The van der Waals surface area contributed by atoms with Crippen LogP contribution in [0.15, 0.2) is 53.6 Å². The molecular weight excluding hydrogens is 448 g/mol. The molecule has 3 heterocycles. The van der Waals surface area contributed by atoms with Gasteiger partial charge < -0.3 is 4.90 Å². The molecule has 0 radical (unpaired) electrons. The highest BCUT2D eigenvalue weighted by molar-refractivity contribution is 5.99. The summed E-state index contributed by atoms with van der Waals surface area (Å²) in [5, 5.41) is 0. The van der Waals surface area contributed by atoms with Gasteiger partial charge in [-0.1, -0.05) is 53.7 Å². The molecule has 0 N–H and O–H groups in total. The van der Waals surface area contributed by atoms with E-state index in [4.69, 9.17) is 4.98 Å². The van der Waals surface area contributed by atoms with Crippen LogP contribution in [0.2, 0.25) is 0 Å². The fraction of sp³-hybridized carbons (Fsp3) is 0.467. The number of carbonyl (C=O) groups is 1. The molecule has 0 amide bonds. The number of benzene rings is 1. The average Bonchev–Trinajstić information content (AvgIpc) is 2.82. The van der Waals surface area contributed by atoms with Gasteiger partial charge in [-0.3, -0.25) is 19.1 Å². The average molecular weight is 485 g/mol. The largest absolute Gasteiger partial charge is 0.334 e. The Morgan fingerprint density at radius 1 is 0.889 bits per heavy atom. The SMILES string of the molecule is CC1(C)CN(CC(=O)c2ccc3c(c2)C(C)(C)CCC3(C)C)c2nc(-c3ccncc3)cc(=O)n2C1. The number of carbonyl (C=O) groups excluding carboxylic acids is 1. The molecule has 0 bridgehead atoms. The van der Waals surface area contributed by atoms with E-state index < -0.39 is 0 Å². The van der Waals surface area contributed by atoms with E-state index in [2.05, 4.69) is 58.7 Å². The van der Waals surface area contributed by atoms with Gasteiger partial charge in [0.2, 0.25) is 5.95 Å². The van der Waals surface area contributed by atoms with Crippen molar-refractivity contribution < 1.29 is 4.79 Å². The van der Waals surface area contributed by atoms with Crippen molar-refractivity contribution in [3.8, 4) is 11.3 Å². The first-order chi connectivity index (χ1) is 16.9. The topological polar surface area (TPSA) is 68.1 Å². The van der Waals surface area contributed by atoms with E-state index in [9.17, 15) is 9.59 Å². The molecule has 0 fully saturated rings. The van der Waals surface area contributed by atoms with Crippen LogP contribution in [0.5, 0.6) is 0 Å². The summed E-state index contributed by atoms with van der Waals surface area (Å²) in [5.41, 5.74) is 4.65. The second kappa shape index (κ2) is 8.39. The summed E-state index contributed by atoms with van der Waals surface area (Å²) < 4.78 is 1.71. The number of anilines is 1. The lowest BCUT2D eigenvalue weighted by Gasteiger charge is -2.42. The Labute approximate surface area is 213 Å². The molecule has 0 saturated carbocycles. The van der Waals surface area contributed by atoms with Gasteiger partial charge in [-0.2, -0.15) is 0 Å². The summed E-state index contributed by atoms with van der Waals surface area (Å²) >= 11 is 0. The first-order valence-corrected chi connectivity index (χ1v) is 12.8. The molecule has 2 aliphatic rings. The molecule has 1 aliphatic heterocycles. The van der Waals surface area contributed by atoms with Gasteiger partial charge in [-0.15, -0.1) is 0 Å². The second-order valence-corrected chi connectivity index (χ2v) is 12.6. The van der Waals surface area contributed by atoms with Gasteiger partial charge in [-0.05, 0) is 53.0 Å². The zero-order valence-electron chi connectivity index (χ0n) is 22.3. The van der Waals surface area contributed by atoms with Gasteiger partial charge in [0.25, 0.3) is 5.56 Å². The summed E-state index contributed by atoms with van der Waals surface area (Å²) in [6.07, 6.45) is 5.62. The van der Waals surface area contributed by atoms with Crippen molar-refractivity contribution >= 4 is 11.7 Å². The van der Waals surface area contributed by atoms with E-state index in [0.29, 0.717) is 24.7 Å². The lowest BCUT2D eigenvalue weighted by Crippen LogP contribution is -2.49. The molecule has 1 aliphatic carbocycles. The molecule has 3 aromatic rings. The minimum atomic E-state index is -0.168. The van der Waals surface area contributed by atoms with Gasteiger partial charge in [0.05, 0.1) is 12.2 Å². The van der Waals surface area contributed by atoms with Crippen LogP contribution in [0.3, 0.4) is 0 Å². The van der Waals surface area contributed by atoms with Crippen LogP contribution in [0.4, 0.5) is 5.95 Å². The summed E-state index contributed by atoms with van der Waals surface area (Å²) in [6.45, 7) is 14.8. The third-order valence-electron chi connectivity index (χ3n) is 7.96. The fourth-order valence-corrected chi connectivity index (χ4v) is 5.77. The standard InChI is InChI=1S/C30H36N4O2/c1-28(2)18-33(27-32-24(16-26(36)34(27)19-28)20-9-13-31-14-10-20)17-25(35)21-7-8-22-23(15-21)30(5,6)12-11-29(22,3)4/h7-10,13-16H,11-12,17-19H2,1-6H3. The van der Waals surface area contributed by atoms with Crippen molar-refractivity contribution in [2.75, 3.05) is 18.0 Å². The van der Waals surface area contributed by atoms with Crippen LogP contribution in [-0.4, -0.2) is 33.4 Å². The zero-order valence-corrected chi connectivity index (χ0v) is 22.3. The van der Waals surface area contributed by atoms with E-state index in [-0.39, 0.29) is 34.1 Å². The maximum atomic E-state index is 13.7. The monoisotopic (exact) mass is 484 g/mol. The predicted molar refractivity (Wildman–Crippen MR) is 144 cm³/mol. The van der Waals surface area contributed by atoms with Gasteiger partial charge in [0.15, 0.2) is 5.78 Å². The second-order valence-electron chi connectivity index (χ2n) is 12.6. The first-order valence-electron chi connectivity index (χ1n) is 12.8. The highest BCUT2D eigenvalue weighted by atomic mass is 16.1. The van der Waals surface area contributed by atoms with Crippen molar-refractivity contribution in [3.05, 3.63) is 75.8 Å². The maximum absolute atomic E-state index is 13.7. The smallest absolute Gasteiger partial charge is 0.255 e. The summed E-state index contributed by atoms with van der Waals surface area (Å²) in [7, 11) is 0. The van der Waals surface area contributed by atoms with Gasteiger partial charge in [-0.25, -0.2) is 4.98 Å². The molecule has 0 spiro atoms. The summed E-state index contributed by atoms with van der Waals surface area (Å²) in [4.78, 5) is 37.7. The summed E-state index contributed by atoms with van der Waals surface area (Å²) in [6, 6.07) is 11.5. The molecule has 1 aromatic carbocycles. The van der Waals surface area contributed by atoms with Gasteiger partial charge >= 0.3 is 0 Å². The van der Waals surface area contributed by atoms with E-state index >= 15 is 0 Å². The number of ketones is 1. The highest BCUT2D eigenvalue weighted by Gasteiger charge is 2.38. The van der Waals surface area contributed by atoms with Crippen LogP contribution >= 0.6 is 0 Å². The minimum Gasteiger partial charge on any atom is -0.334 e. The van der Waals surface area contributed by atoms with Crippen molar-refractivity contribution in [2.45, 2.75) is 71.8 Å². The van der Waals surface area contributed by atoms with E-state index in [0.717, 1.165) is 24.0 Å². The molecule has 188 valence electrons. The molecule has 6 heteroatoms. The van der Waals surface area contributed by atoms with Crippen molar-refractivity contribution in [1.82, 2.24) is 14.5 Å². The Hall–Kier alpha value is -3.28. The van der Waals surface area contributed by atoms with Crippen LogP contribution in [-0.2, 0) is 17.4 Å². The molecular formula is C30H36N4O2. The number of pyridine rings is 1. The Morgan fingerprint density at radius 2 is 1.56 bits per heavy atom. The lowest BCUT2D eigenvalue weighted by atomic mass is 9.63. The van der Waals surface area contributed by atoms with E-state index in [1.807, 2.05) is 23.1 Å². The fourth-order valence-electron chi connectivity index (χ4n) is 5.77. The molecule has 0 unspecified atom stereocenters. The van der Waals surface area contributed by atoms with E-state index in [1.165, 1.54) is 11.1 Å². The Morgan fingerprint density at radius 3 is 2.25 bits per heavy atom. The third-order valence-corrected chi connectivity index (χ3v) is 7.96. The normalized spacial score (nSPS) is 19.3. The van der Waals surface area contributed by atoms with Crippen LogP contribution in [0.1, 0.15) is 75.9 Å². The van der Waals surface area contributed by atoms with Crippen molar-refractivity contribution in [1.29, 1.82) is 0 Å². The maximum Gasteiger partial charge on any atom is 0.255 e.